The van der Waals surface area contributed by atoms with Gasteiger partial charge in [0.25, 0.3) is 0 Å². The van der Waals surface area contributed by atoms with Crippen LogP contribution in [0.5, 0.6) is 0 Å². The van der Waals surface area contributed by atoms with Crippen LogP contribution in [-0.2, 0) is 103 Å². The van der Waals surface area contributed by atoms with E-state index in [1.807, 2.05) is 18.2 Å². The van der Waals surface area contributed by atoms with E-state index in [4.69, 9.17) is 56.9 Å². The Morgan fingerprint density at radius 2 is 1.41 bits per heavy atom. The Bertz CT molecular complexity index is 2030. The van der Waals surface area contributed by atoms with Gasteiger partial charge in [0, 0.05) is 34.6 Å². The molecule has 2 aromatic rings. The number of hydrogen-bond acceptors (Lipinski definition) is 20. The Labute approximate surface area is 394 Å². The third kappa shape index (κ3) is 15.3. The van der Waals surface area contributed by atoms with Gasteiger partial charge in [0.2, 0.25) is 5.91 Å². The van der Waals surface area contributed by atoms with Crippen LogP contribution < -0.4 is 5.32 Å². The van der Waals surface area contributed by atoms with E-state index < -0.39 is 123 Å². The third-order valence-electron chi connectivity index (χ3n) is 10.3. The first-order chi connectivity index (χ1) is 32.1. The SMILES string of the molecule is COC(=O)[C@]1(OO[C@@H]2[C@H](O)[C@@H](OCc3ccccc3)[C@H](OP(=O)(N(C)C)N(C)C)O[C@@H]2COCc2ccccc2)C[C@H](OC(C)=O)[C@@H](NC(C)=O)[C@H]([C@H](OC(C)=O)[C@@H](COC(C)=O)OC(C)=O)O1. The Morgan fingerprint density at radius 3 is 1.93 bits per heavy atom. The molecule has 24 heteroatoms. The first-order valence-corrected chi connectivity index (χ1v) is 22.9. The van der Waals surface area contributed by atoms with Crippen molar-refractivity contribution in [2.75, 3.05) is 48.5 Å². The van der Waals surface area contributed by atoms with E-state index in [-0.39, 0.29) is 19.8 Å². The van der Waals surface area contributed by atoms with Crippen LogP contribution in [0.1, 0.15) is 52.2 Å². The Balaban J connectivity index is 1.86. The third-order valence-corrected chi connectivity index (χ3v) is 12.8. The van der Waals surface area contributed by atoms with E-state index in [9.17, 15) is 38.4 Å². The fourth-order valence-electron chi connectivity index (χ4n) is 7.34. The van der Waals surface area contributed by atoms with Gasteiger partial charge in [-0.1, -0.05) is 60.7 Å². The van der Waals surface area contributed by atoms with Crippen LogP contribution in [0.2, 0.25) is 0 Å². The minimum absolute atomic E-state index is 0.0393. The first kappa shape index (κ1) is 55.7. The van der Waals surface area contributed by atoms with Crippen molar-refractivity contribution < 1.29 is 95.4 Å². The van der Waals surface area contributed by atoms with Crippen molar-refractivity contribution in [2.45, 2.75) is 121 Å². The van der Waals surface area contributed by atoms with E-state index in [2.05, 4.69) is 5.32 Å². The number of hydrogen-bond donors (Lipinski definition) is 2. The molecule has 68 heavy (non-hydrogen) atoms. The van der Waals surface area contributed by atoms with Crippen LogP contribution >= 0.6 is 7.67 Å². The Kier molecular flexibility index (Phi) is 21.0. The van der Waals surface area contributed by atoms with Crippen molar-refractivity contribution in [2.24, 2.45) is 0 Å². The highest BCUT2D eigenvalue weighted by molar-refractivity contribution is 7.53. The summed E-state index contributed by atoms with van der Waals surface area (Å²) in [4.78, 5) is 88.9. The zero-order valence-corrected chi connectivity index (χ0v) is 40.5. The van der Waals surface area contributed by atoms with Gasteiger partial charge in [0.05, 0.1) is 39.4 Å². The molecule has 2 aromatic carbocycles. The summed E-state index contributed by atoms with van der Waals surface area (Å²) >= 11 is 0. The van der Waals surface area contributed by atoms with E-state index in [0.717, 1.165) is 47.3 Å². The second-order valence-electron chi connectivity index (χ2n) is 16.2. The quantitative estimate of drug-likeness (QED) is 0.0530. The van der Waals surface area contributed by atoms with Crippen molar-refractivity contribution in [3.8, 4) is 0 Å². The topological polar surface area (TPSA) is 269 Å². The molecule has 1 amide bonds. The molecule has 0 aromatic heterocycles. The van der Waals surface area contributed by atoms with Crippen LogP contribution in [0.4, 0.5) is 0 Å². The van der Waals surface area contributed by atoms with Crippen molar-refractivity contribution in [3.05, 3.63) is 71.8 Å². The maximum atomic E-state index is 14.3. The largest absolute Gasteiger partial charge is 0.465 e. The number of esters is 5. The maximum absolute atomic E-state index is 14.3. The highest BCUT2D eigenvalue weighted by Crippen LogP contribution is 2.53. The number of methoxy groups -OCH3 is 1. The van der Waals surface area contributed by atoms with Crippen LogP contribution in [0, 0.1) is 0 Å². The molecular weight excluding hydrogens is 921 g/mol. The minimum Gasteiger partial charge on any atom is -0.465 e. The summed E-state index contributed by atoms with van der Waals surface area (Å²) in [6, 6.07) is 16.4. The van der Waals surface area contributed by atoms with Gasteiger partial charge in [-0.25, -0.2) is 19.0 Å². The average Bonchev–Trinajstić information content (AvgIpc) is 3.27. The molecule has 11 atom stereocenters. The fraction of sp³-hybridized carbons (Fsp3) is 0.591. The van der Waals surface area contributed by atoms with Crippen molar-refractivity contribution >= 4 is 43.4 Å². The van der Waals surface area contributed by atoms with Crippen molar-refractivity contribution in [1.29, 1.82) is 0 Å². The molecule has 0 saturated carbocycles. The number of ether oxygens (including phenoxy) is 9. The number of amides is 1. The molecule has 0 unspecified atom stereocenters. The summed E-state index contributed by atoms with van der Waals surface area (Å²) in [5, 5.41) is 14.9. The number of nitrogens with one attached hydrogen (secondary N) is 1. The highest BCUT2D eigenvalue weighted by atomic mass is 31.2. The maximum Gasteiger partial charge on any atom is 0.369 e. The normalized spacial score (nSPS) is 26.0. The lowest BCUT2D eigenvalue weighted by Crippen LogP contribution is -2.69. The molecule has 0 aliphatic carbocycles. The second kappa shape index (κ2) is 25.6. The lowest BCUT2D eigenvalue weighted by molar-refractivity contribution is -0.477. The molecule has 0 radical (unpaired) electrons. The second-order valence-corrected chi connectivity index (χ2v) is 19.0. The number of aliphatic hydroxyl groups excluding tert-OH is 1. The number of carbonyl (C=O) groups excluding carboxylic acids is 6. The van der Waals surface area contributed by atoms with Gasteiger partial charge in [-0.2, -0.15) is 4.89 Å². The van der Waals surface area contributed by atoms with Gasteiger partial charge in [0.15, 0.2) is 24.6 Å². The summed E-state index contributed by atoms with van der Waals surface area (Å²) in [6.45, 7) is 4.03. The number of nitrogens with zero attached hydrogens (tertiary/aromatic N) is 2. The van der Waals surface area contributed by atoms with Crippen molar-refractivity contribution in [3.63, 3.8) is 0 Å². The lowest BCUT2D eigenvalue weighted by Gasteiger charge is -2.49. The van der Waals surface area contributed by atoms with E-state index in [1.54, 1.807) is 42.5 Å². The number of rotatable bonds is 23. The number of aliphatic hydroxyl groups is 1. The minimum atomic E-state index is -3.88. The highest BCUT2D eigenvalue weighted by Gasteiger charge is 2.61. The summed E-state index contributed by atoms with van der Waals surface area (Å²) in [5.74, 6) is -8.61. The average molecular weight is 984 g/mol. The molecule has 2 aliphatic rings. The van der Waals surface area contributed by atoms with Gasteiger partial charge < -0.3 is 53.1 Å². The molecule has 2 heterocycles. The fourth-order valence-corrected chi connectivity index (χ4v) is 8.88. The zero-order chi connectivity index (χ0) is 50.3. The molecule has 2 saturated heterocycles. The van der Waals surface area contributed by atoms with Crippen LogP contribution in [0.3, 0.4) is 0 Å². The molecule has 2 N–H and O–H groups in total. The van der Waals surface area contributed by atoms with Gasteiger partial charge in [-0.15, -0.1) is 0 Å². The molecule has 0 spiro atoms. The standard InChI is InChI=1S/C44H62N3O20P/c1-26(48)45-36-33(60-28(3)50)21-44(43(54)56-10,64-40(36)39(62-30(5)52)35(61-29(4)51)25-58-27(2)49)67-65-38-34(24-57-22-31-17-13-11-14-18-31)63-42(66-68(55,46(6)7)47(8)9)41(37(38)53)59-23-32-19-15-12-16-20-32/h11-20,33-42,53H,21-25H2,1-10H3,(H,45,48)/t33-,34+,35+,36+,37-,38-,39+,40+,41+,42-,44+/m0/s1. The van der Waals surface area contributed by atoms with Gasteiger partial charge in [0.1, 0.15) is 37.1 Å². The van der Waals surface area contributed by atoms with Crippen LogP contribution in [0.25, 0.3) is 0 Å². The van der Waals surface area contributed by atoms with Crippen molar-refractivity contribution in [1.82, 2.24) is 14.7 Å². The lowest BCUT2D eigenvalue weighted by atomic mass is 9.88. The molecule has 0 bridgehead atoms. The Hall–Kier alpha value is -4.91. The van der Waals surface area contributed by atoms with E-state index in [1.165, 1.54) is 37.5 Å². The predicted octanol–water partition coefficient (Wildman–Crippen LogP) is 1.96. The summed E-state index contributed by atoms with van der Waals surface area (Å²) in [6.07, 6.45) is -15.8. The van der Waals surface area contributed by atoms with Gasteiger partial charge in [-0.3, -0.25) is 33.1 Å². The Morgan fingerprint density at radius 1 is 0.824 bits per heavy atom. The molecule has 2 aliphatic heterocycles. The summed E-state index contributed by atoms with van der Waals surface area (Å²) in [5.41, 5.74) is 1.43. The molecule has 378 valence electrons. The van der Waals surface area contributed by atoms with Crippen LogP contribution in [0.15, 0.2) is 60.7 Å². The number of carbonyl (C=O) groups is 6. The monoisotopic (exact) mass is 983 g/mol. The molecule has 23 nitrogen and oxygen atoms in total. The van der Waals surface area contributed by atoms with E-state index >= 15 is 0 Å². The molecular formula is C44H62N3O20P. The van der Waals surface area contributed by atoms with Gasteiger partial charge >= 0.3 is 43.3 Å². The van der Waals surface area contributed by atoms with Crippen LogP contribution in [-0.4, -0.2) is 166 Å². The first-order valence-electron chi connectivity index (χ1n) is 21.4. The van der Waals surface area contributed by atoms with E-state index in [0.29, 0.717) is 5.56 Å². The summed E-state index contributed by atoms with van der Waals surface area (Å²) in [7, 11) is 3.19. The zero-order valence-electron chi connectivity index (χ0n) is 39.6. The molecule has 4 rings (SSSR count). The molecule has 2 fully saturated rings. The summed E-state index contributed by atoms with van der Waals surface area (Å²) < 4.78 is 75.3. The van der Waals surface area contributed by atoms with Gasteiger partial charge in [-0.05, 0) is 39.3 Å². The predicted molar refractivity (Wildman–Crippen MR) is 233 cm³/mol. The number of benzene rings is 2. The smallest absolute Gasteiger partial charge is 0.369 e.